The van der Waals surface area contributed by atoms with E-state index in [1.54, 1.807) is 6.92 Å². The van der Waals surface area contributed by atoms with E-state index in [0.717, 1.165) is 16.5 Å². The zero-order chi connectivity index (χ0) is 16.3. The molecule has 0 saturated heterocycles. The topological polar surface area (TPSA) is 75.6 Å². The first kappa shape index (κ1) is 17.0. The lowest BCUT2D eigenvalue weighted by atomic mass is 9.98. The Morgan fingerprint density at radius 2 is 2.05 bits per heavy atom. The number of nitrogens with one attached hydrogen (secondary N) is 1. The minimum absolute atomic E-state index is 0.0915. The molecule has 120 valence electrons. The van der Waals surface area contributed by atoms with Gasteiger partial charge in [0.1, 0.15) is 0 Å². The van der Waals surface area contributed by atoms with Gasteiger partial charge < -0.3 is 15.2 Å². The lowest BCUT2D eigenvalue weighted by Gasteiger charge is -2.28. The number of hydrogen-bond acceptors (Lipinski definition) is 3. The van der Waals surface area contributed by atoms with Crippen molar-refractivity contribution >= 4 is 27.8 Å². The Morgan fingerprint density at radius 1 is 1.41 bits per heavy atom. The molecule has 1 aliphatic carbocycles. The SMILES string of the molecule is COCC(C)(CC(=O)O)NC(=O)C1CC1c1ccc(Br)cc1. The van der Waals surface area contributed by atoms with E-state index in [0.29, 0.717) is 0 Å². The highest BCUT2D eigenvalue weighted by atomic mass is 79.9. The minimum atomic E-state index is -0.958. The molecule has 1 amide bonds. The van der Waals surface area contributed by atoms with Crippen LogP contribution in [0.25, 0.3) is 0 Å². The van der Waals surface area contributed by atoms with E-state index >= 15 is 0 Å². The quantitative estimate of drug-likeness (QED) is 0.774. The predicted octanol–water partition coefficient (Wildman–Crippen LogP) is 2.55. The van der Waals surface area contributed by atoms with Crippen LogP contribution in [-0.4, -0.2) is 36.2 Å². The number of amides is 1. The van der Waals surface area contributed by atoms with Crippen molar-refractivity contribution in [1.29, 1.82) is 0 Å². The molecule has 0 radical (unpaired) electrons. The maximum atomic E-state index is 12.4. The van der Waals surface area contributed by atoms with Crippen LogP contribution < -0.4 is 5.32 Å². The molecule has 1 aromatic carbocycles. The maximum Gasteiger partial charge on any atom is 0.305 e. The lowest BCUT2D eigenvalue weighted by Crippen LogP contribution is -2.51. The lowest BCUT2D eigenvalue weighted by molar-refractivity contribution is -0.139. The number of halogens is 1. The van der Waals surface area contributed by atoms with Crippen molar-refractivity contribution in [3.63, 3.8) is 0 Å². The molecule has 6 heteroatoms. The Hall–Kier alpha value is -1.40. The largest absolute Gasteiger partial charge is 0.481 e. The molecule has 1 fully saturated rings. The molecule has 22 heavy (non-hydrogen) atoms. The van der Waals surface area contributed by atoms with Crippen molar-refractivity contribution in [2.24, 2.45) is 5.92 Å². The van der Waals surface area contributed by atoms with Crippen LogP contribution in [0.2, 0.25) is 0 Å². The first-order valence-electron chi connectivity index (χ1n) is 7.13. The van der Waals surface area contributed by atoms with Crippen LogP contribution in [0, 0.1) is 5.92 Å². The summed E-state index contributed by atoms with van der Waals surface area (Å²) < 4.78 is 6.06. The molecular weight excluding hydrogens is 350 g/mol. The molecule has 1 aliphatic rings. The van der Waals surface area contributed by atoms with Crippen LogP contribution in [-0.2, 0) is 14.3 Å². The first-order chi connectivity index (χ1) is 10.3. The zero-order valence-electron chi connectivity index (χ0n) is 12.6. The van der Waals surface area contributed by atoms with E-state index in [1.165, 1.54) is 7.11 Å². The van der Waals surface area contributed by atoms with E-state index in [9.17, 15) is 9.59 Å². The van der Waals surface area contributed by atoms with Crippen molar-refractivity contribution in [3.05, 3.63) is 34.3 Å². The summed E-state index contributed by atoms with van der Waals surface area (Å²) in [5, 5.41) is 11.8. The summed E-state index contributed by atoms with van der Waals surface area (Å²) in [6.07, 6.45) is 0.631. The summed E-state index contributed by atoms with van der Waals surface area (Å²) in [6, 6.07) is 7.94. The third kappa shape index (κ3) is 4.30. The highest BCUT2D eigenvalue weighted by Gasteiger charge is 2.45. The summed E-state index contributed by atoms with van der Waals surface area (Å²) in [7, 11) is 1.49. The van der Waals surface area contributed by atoms with Crippen molar-refractivity contribution in [1.82, 2.24) is 5.32 Å². The number of hydrogen-bond donors (Lipinski definition) is 2. The van der Waals surface area contributed by atoms with Gasteiger partial charge in [-0.05, 0) is 37.0 Å². The molecule has 1 aromatic rings. The van der Waals surface area contributed by atoms with Crippen LogP contribution >= 0.6 is 15.9 Å². The van der Waals surface area contributed by atoms with E-state index in [4.69, 9.17) is 9.84 Å². The summed E-state index contributed by atoms with van der Waals surface area (Å²) in [5.41, 5.74) is 0.250. The van der Waals surface area contributed by atoms with Gasteiger partial charge in [-0.2, -0.15) is 0 Å². The summed E-state index contributed by atoms with van der Waals surface area (Å²) >= 11 is 3.39. The van der Waals surface area contributed by atoms with Gasteiger partial charge in [0.05, 0.1) is 18.6 Å². The number of aliphatic carboxylic acids is 1. The molecule has 2 N–H and O–H groups in total. The van der Waals surface area contributed by atoms with Gasteiger partial charge >= 0.3 is 5.97 Å². The van der Waals surface area contributed by atoms with Crippen LogP contribution in [0.1, 0.15) is 31.2 Å². The minimum Gasteiger partial charge on any atom is -0.481 e. The standard InChI is InChI=1S/C16H20BrNO4/c1-16(9-22-2,8-14(19)20)18-15(21)13-7-12(13)10-3-5-11(17)6-4-10/h3-6,12-13H,7-9H2,1-2H3,(H,18,21)(H,19,20). The van der Waals surface area contributed by atoms with E-state index in [1.807, 2.05) is 24.3 Å². The fourth-order valence-corrected chi connectivity index (χ4v) is 3.00. The highest BCUT2D eigenvalue weighted by Crippen LogP contribution is 2.47. The van der Waals surface area contributed by atoms with Crippen molar-refractivity contribution in [2.45, 2.75) is 31.2 Å². The second-order valence-corrected chi connectivity index (χ2v) is 6.97. The summed E-state index contributed by atoms with van der Waals surface area (Å²) in [5.74, 6) is -0.940. The molecule has 0 spiro atoms. The van der Waals surface area contributed by atoms with Crippen molar-refractivity contribution < 1.29 is 19.4 Å². The van der Waals surface area contributed by atoms with Crippen molar-refractivity contribution in [3.8, 4) is 0 Å². The van der Waals surface area contributed by atoms with Gasteiger partial charge in [-0.1, -0.05) is 28.1 Å². The van der Waals surface area contributed by atoms with Gasteiger partial charge in [-0.25, -0.2) is 0 Å². The first-order valence-corrected chi connectivity index (χ1v) is 7.92. The number of rotatable bonds is 7. The molecule has 5 nitrogen and oxygen atoms in total. The Balaban J connectivity index is 1.97. The number of benzene rings is 1. The summed E-state index contributed by atoms with van der Waals surface area (Å²) in [4.78, 5) is 23.3. The number of carbonyl (C=O) groups excluding carboxylic acids is 1. The van der Waals surface area contributed by atoms with Gasteiger partial charge in [0.25, 0.3) is 0 Å². The molecule has 3 unspecified atom stereocenters. The molecule has 3 atom stereocenters. The molecule has 0 heterocycles. The molecule has 1 saturated carbocycles. The van der Waals surface area contributed by atoms with Gasteiger partial charge in [0.2, 0.25) is 5.91 Å². The normalized spacial score (nSPS) is 22.7. The molecular formula is C16H20BrNO4. The second-order valence-electron chi connectivity index (χ2n) is 6.05. The zero-order valence-corrected chi connectivity index (χ0v) is 14.2. The Bertz CT molecular complexity index is 560. The second kappa shape index (κ2) is 6.79. The number of carbonyl (C=O) groups is 2. The van der Waals surface area contributed by atoms with E-state index < -0.39 is 11.5 Å². The predicted molar refractivity (Wildman–Crippen MR) is 85.7 cm³/mol. The molecule has 0 bridgehead atoms. The maximum absolute atomic E-state index is 12.4. The number of carboxylic acid groups (broad SMARTS) is 1. The van der Waals surface area contributed by atoms with E-state index in [-0.39, 0.29) is 30.8 Å². The Kier molecular flexibility index (Phi) is 5.24. The number of carboxylic acids is 1. The van der Waals surface area contributed by atoms with Crippen LogP contribution in [0.15, 0.2) is 28.7 Å². The smallest absolute Gasteiger partial charge is 0.305 e. The number of methoxy groups -OCH3 is 1. The Morgan fingerprint density at radius 3 is 2.59 bits per heavy atom. The third-order valence-corrected chi connectivity index (χ3v) is 4.38. The fraction of sp³-hybridized carbons (Fsp3) is 0.500. The van der Waals surface area contributed by atoms with E-state index in [2.05, 4.69) is 21.2 Å². The number of ether oxygens (including phenoxy) is 1. The average Bonchev–Trinajstić information content (AvgIpc) is 3.18. The Labute approximate surface area is 138 Å². The fourth-order valence-electron chi connectivity index (χ4n) is 2.74. The third-order valence-electron chi connectivity index (χ3n) is 3.85. The average molecular weight is 370 g/mol. The molecule has 0 aromatic heterocycles. The van der Waals surface area contributed by atoms with Crippen LogP contribution in [0.4, 0.5) is 0 Å². The highest BCUT2D eigenvalue weighted by molar-refractivity contribution is 9.10. The monoisotopic (exact) mass is 369 g/mol. The van der Waals surface area contributed by atoms with Gasteiger partial charge in [0.15, 0.2) is 0 Å². The molecule has 0 aliphatic heterocycles. The van der Waals surface area contributed by atoms with Gasteiger partial charge in [-0.3, -0.25) is 9.59 Å². The van der Waals surface area contributed by atoms with Crippen LogP contribution in [0.5, 0.6) is 0 Å². The van der Waals surface area contributed by atoms with Gasteiger partial charge in [0, 0.05) is 17.5 Å². The summed E-state index contributed by atoms with van der Waals surface area (Å²) in [6.45, 7) is 1.86. The molecule has 2 rings (SSSR count). The van der Waals surface area contributed by atoms with Crippen molar-refractivity contribution in [2.75, 3.05) is 13.7 Å². The van der Waals surface area contributed by atoms with Crippen LogP contribution in [0.3, 0.4) is 0 Å². The van der Waals surface area contributed by atoms with Gasteiger partial charge in [-0.15, -0.1) is 0 Å².